The molecule has 3 aliphatic rings. The molecule has 2 heterocycles. The molecule has 1 aliphatic carbocycles. The molecular weight excluding hydrogens is 684 g/mol. The highest BCUT2D eigenvalue weighted by Gasteiger charge is 2.44. The summed E-state index contributed by atoms with van der Waals surface area (Å²) in [6.45, 7) is 6.61. The molecule has 7 atom stereocenters. The Morgan fingerprint density at radius 3 is 2.37 bits per heavy atom. The number of hydrogen-bond donors (Lipinski definition) is 4. The van der Waals surface area contributed by atoms with E-state index in [1.165, 1.54) is 20.0 Å². The van der Waals surface area contributed by atoms with Gasteiger partial charge in [-0.3, -0.25) is 9.69 Å². The number of aliphatic hydroxyl groups excluding tert-OH is 1. The van der Waals surface area contributed by atoms with E-state index in [1.807, 2.05) is 93.6 Å². The maximum absolute atomic E-state index is 13.8. The second kappa shape index (κ2) is 17.9. The molecular formula is C43H56N4O7. The summed E-state index contributed by atoms with van der Waals surface area (Å²) >= 11 is 0. The second-order valence-electron chi connectivity index (χ2n) is 16.0. The number of urea groups is 1. The van der Waals surface area contributed by atoms with E-state index >= 15 is 0 Å². The van der Waals surface area contributed by atoms with Crippen molar-refractivity contribution in [3.8, 4) is 0 Å². The number of nitrogens with zero attached hydrogens (tertiary/aromatic N) is 1. The van der Waals surface area contributed by atoms with Crippen molar-refractivity contribution in [1.82, 2.24) is 15.5 Å². The molecule has 3 aromatic rings. The average Bonchev–Trinajstić information content (AvgIpc) is 3.17. The van der Waals surface area contributed by atoms with Crippen molar-refractivity contribution in [1.29, 1.82) is 0 Å². The minimum atomic E-state index is -0.878. The quantitative estimate of drug-likeness (QED) is 0.162. The number of hydrogen-bond acceptors (Lipinski definition) is 8. The molecule has 3 fully saturated rings. The highest BCUT2D eigenvalue weighted by atomic mass is 16.7. The second-order valence-corrected chi connectivity index (χ2v) is 16.0. The molecule has 0 radical (unpaired) electrons. The molecule has 3 aromatic carbocycles. The Hall–Kier alpha value is -4.29. The minimum Gasteiger partial charge on any atom is -0.467 e. The third kappa shape index (κ3) is 10.3. The van der Waals surface area contributed by atoms with Crippen molar-refractivity contribution in [3.05, 3.63) is 101 Å². The average molecular weight is 741 g/mol. The van der Waals surface area contributed by atoms with Gasteiger partial charge in [0.25, 0.3) is 0 Å². The Kier molecular flexibility index (Phi) is 13.1. The summed E-state index contributed by atoms with van der Waals surface area (Å²) in [4.78, 5) is 42.0. The molecule has 3 amide bonds. The number of nitrogens with one attached hydrogen (secondary N) is 3. The van der Waals surface area contributed by atoms with E-state index in [9.17, 15) is 19.5 Å². The predicted octanol–water partition coefficient (Wildman–Crippen LogP) is 6.57. The number of piperidine rings is 1. The monoisotopic (exact) mass is 740 g/mol. The fourth-order valence-corrected chi connectivity index (χ4v) is 8.27. The topological polar surface area (TPSA) is 138 Å². The summed E-state index contributed by atoms with van der Waals surface area (Å²) < 4.78 is 18.4. The van der Waals surface area contributed by atoms with E-state index in [-0.39, 0.29) is 42.7 Å². The van der Waals surface area contributed by atoms with Gasteiger partial charge in [0.2, 0.25) is 5.91 Å². The van der Waals surface area contributed by atoms with Gasteiger partial charge in [0.1, 0.15) is 6.04 Å². The van der Waals surface area contributed by atoms with Crippen LogP contribution in [0.5, 0.6) is 0 Å². The summed E-state index contributed by atoms with van der Waals surface area (Å²) in [7, 11) is 1.30. The number of ether oxygens (including phenoxy) is 3. The largest absolute Gasteiger partial charge is 0.467 e. The Bertz CT molecular complexity index is 1710. The van der Waals surface area contributed by atoms with Crippen molar-refractivity contribution in [2.45, 2.75) is 121 Å². The minimum absolute atomic E-state index is 0.0459. The van der Waals surface area contributed by atoms with Gasteiger partial charge in [0.15, 0.2) is 6.29 Å². The van der Waals surface area contributed by atoms with E-state index in [1.54, 1.807) is 6.07 Å². The highest BCUT2D eigenvalue weighted by Crippen LogP contribution is 2.42. The van der Waals surface area contributed by atoms with Gasteiger partial charge in [0.05, 0.1) is 32.0 Å². The summed E-state index contributed by atoms with van der Waals surface area (Å²) in [5.74, 6) is 0.0963. The van der Waals surface area contributed by atoms with Crippen LogP contribution in [-0.4, -0.2) is 71.3 Å². The van der Waals surface area contributed by atoms with Gasteiger partial charge in [-0.1, -0.05) is 79.6 Å². The van der Waals surface area contributed by atoms with Crippen molar-refractivity contribution in [3.63, 3.8) is 0 Å². The van der Waals surface area contributed by atoms with E-state index in [2.05, 4.69) is 20.9 Å². The van der Waals surface area contributed by atoms with Crippen LogP contribution in [0.4, 0.5) is 10.5 Å². The first-order valence-electron chi connectivity index (χ1n) is 19.4. The molecule has 2 saturated heterocycles. The van der Waals surface area contributed by atoms with Crippen LogP contribution < -0.4 is 16.0 Å². The standard InChI is InChI=1S/C43H56N4O7/c1-43(2,3)46-39(49)37-22-21-30-13-8-9-16-36(30)47(37)26-34-25-38(31-19-17-29(27-48)18-20-31)54-41(53-34)32-14-10-15-33(24-32)44-42(51)45-35(40(50)52-4)23-28-11-6-5-7-12-28/h5-7,10-12,14-15,17-20,24,30,34-38,41,48H,8-9,13,16,21-23,25-27H2,1-4H3,(H,46,49)(H2,44,45,51). The number of carbonyl (C=O) groups excluding carboxylic acids is 3. The van der Waals surface area contributed by atoms with Crippen molar-refractivity contribution in [2.75, 3.05) is 19.0 Å². The van der Waals surface area contributed by atoms with Crippen molar-refractivity contribution < 1.29 is 33.7 Å². The van der Waals surface area contributed by atoms with E-state index < -0.39 is 24.3 Å². The third-order valence-corrected chi connectivity index (χ3v) is 10.8. The van der Waals surface area contributed by atoms with Crippen LogP contribution in [0, 0.1) is 5.92 Å². The fraction of sp³-hybridized carbons (Fsp3) is 0.512. The Morgan fingerprint density at radius 2 is 1.65 bits per heavy atom. The van der Waals surface area contributed by atoms with Crippen LogP contribution in [0.3, 0.4) is 0 Å². The zero-order chi connectivity index (χ0) is 38.2. The number of methoxy groups -OCH3 is 1. The van der Waals surface area contributed by atoms with Crippen LogP contribution in [0.25, 0.3) is 0 Å². The lowest BCUT2D eigenvalue weighted by molar-refractivity contribution is -0.255. The first-order chi connectivity index (χ1) is 26.0. The summed E-state index contributed by atoms with van der Waals surface area (Å²) in [5, 5.41) is 18.6. The predicted molar refractivity (Wildman–Crippen MR) is 206 cm³/mol. The van der Waals surface area contributed by atoms with Gasteiger partial charge < -0.3 is 35.3 Å². The van der Waals surface area contributed by atoms with Crippen molar-refractivity contribution in [2.24, 2.45) is 5.92 Å². The first kappa shape index (κ1) is 39.4. The molecule has 54 heavy (non-hydrogen) atoms. The fourth-order valence-electron chi connectivity index (χ4n) is 8.27. The van der Waals surface area contributed by atoms with Gasteiger partial charge in [0, 0.05) is 42.2 Å². The van der Waals surface area contributed by atoms with Crippen molar-refractivity contribution >= 4 is 23.6 Å². The lowest BCUT2D eigenvalue weighted by atomic mass is 9.75. The van der Waals surface area contributed by atoms with Gasteiger partial charge in [-0.2, -0.15) is 0 Å². The number of benzene rings is 3. The molecule has 6 rings (SSSR count). The van der Waals surface area contributed by atoms with Gasteiger partial charge in [-0.05, 0) is 81.2 Å². The Balaban J connectivity index is 1.22. The molecule has 4 N–H and O–H groups in total. The molecule has 2 aliphatic heterocycles. The number of anilines is 1. The lowest BCUT2D eigenvalue weighted by Gasteiger charge is -2.50. The number of esters is 1. The van der Waals surface area contributed by atoms with E-state index in [0.29, 0.717) is 30.6 Å². The van der Waals surface area contributed by atoms with Crippen LogP contribution in [0.15, 0.2) is 78.9 Å². The Labute approximate surface area is 319 Å². The zero-order valence-corrected chi connectivity index (χ0v) is 32.0. The van der Waals surface area contributed by atoms with Crippen LogP contribution in [-0.2, 0) is 36.8 Å². The normalized spacial score (nSPS) is 25.1. The summed E-state index contributed by atoms with van der Waals surface area (Å²) in [5.41, 5.74) is 3.57. The molecule has 1 saturated carbocycles. The van der Waals surface area contributed by atoms with Gasteiger partial charge in [-0.15, -0.1) is 0 Å². The highest BCUT2D eigenvalue weighted by molar-refractivity contribution is 5.92. The SMILES string of the molecule is COC(=O)C(Cc1ccccc1)NC(=O)Nc1cccc(C2OC(CN3C(C(=O)NC(C)(C)C)CCC4CCCCC43)CC(c3ccc(CO)cc3)O2)c1. The summed E-state index contributed by atoms with van der Waals surface area (Å²) in [6.07, 6.45) is 6.07. The number of fused-ring (bicyclic) bond motifs is 1. The number of carbonyl (C=O) groups is 3. The molecule has 7 unspecified atom stereocenters. The van der Waals surface area contributed by atoms with Crippen LogP contribution >= 0.6 is 0 Å². The maximum Gasteiger partial charge on any atom is 0.328 e. The molecule has 0 spiro atoms. The zero-order valence-electron chi connectivity index (χ0n) is 32.0. The van der Waals surface area contributed by atoms with E-state index in [0.717, 1.165) is 47.9 Å². The molecule has 290 valence electrons. The van der Waals surface area contributed by atoms with Gasteiger partial charge >= 0.3 is 12.0 Å². The molecule has 11 nitrogen and oxygen atoms in total. The number of rotatable bonds is 11. The van der Waals surface area contributed by atoms with Crippen LogP contribution in [0.2, 0.25) is 0 Å². The molecule has 11 heteroatoms. The number of aliphatic hydroxyl groups is 1. The van der Waals surface area contributed by atoms with E-state index in [4.69, 9.17) is 14.2 Å². The lowest BCUT2D eigenvalue weighted by Crippen LogP contribution is -2.61. The Morgan fingerprint density at radius 1 is 0.889 bits per heavy atom. The number of amides is 3. The smallest absolute Gasteiger partial charge is 0.328 e. The molecule has 0 aromatic heterocycles. The maximum atomic E-state index is 13.8. The third-order valence-electron chi connectivity index (χ3n) is 10.8. The first-order valence-corrected chi connectivity index (χ1v) is 19.4. The van der Waals surface area contributed by atoms with Gasteiger partial charge in [-0.25, -0.2) is 9.59 Å². The number of likely N-dealkylation sites (tertiary alicyclic amines) is 1. The molecule has 0 bridgehead atoms. The summed E-state index contributed by atoms with van der Waals surface area (Å²) in [6, 6.07) is 23.2. The van der Waals surface area contributed by atoms with Crippen LogP contribution in [0.1, 0.15) is 100 Å².